The third-order valence-electron chi connectivity index (χ3n) is 3.23. The van der Waals surface area contributed by atoms with Crippen LogP contribution in [0.2, 0.25) is 0 Å². The summed E-state index contributed by atoms with van der Waals surface area (Å²) < 4.78 is 6.27. The molecule has 1 aromatic heterocycles. The molecule has 0 amide bonds. The average Bonchev–Trinajstić information content (AvgIpc) is 2.37. The molecule has 1 atom stereocenters. The van der Waals surface area contributed by atoms with Crippen LogP contribution < -0.4 is 15.6 Å². The summed E-state index contributed by atoms with van der Waals surface area (Å²) in [6.45, 7) is 5.54. The van der Waals surface area contributed by atoms with Gasteiger partial charge in [0.1, 0.15) is 11.6 Å². The van der Waals surface area contributed by atoms with E-state index in [0.29, 0.717) is 11.4 Å². The van der Waals surface area contributed by atoms with Gasteiger partial charge in [-0.1, -0.05) is 15.9 Å². The zero-order chi connectivity index (χ0) is 15.6. The van der Waals surface area contributed by atoms with Gasteiger partial charge in [-0.05, 0) is 39.0 Å². The smallest absolute Gasteiger partial charge is 0.256 e. The molecule has 1 aromatic carbocycles. The average molecular weight is 352 g/mol. The lowest BCUT2D eigenvalue weighted by Gasteiger charge is -2.18. The van der Waals surface area contributed by atoms with Crippen LogP contribution in [0.4, 0.5) is 5.69 Å². The highest BCUT2D eigenvalue weighted by Gasteiger charge is 2.16. The van der Waals surface area contributed by atoms with Crippen molar-refractivity contribution in [3.63, 3.8) is 0 Å². The number of ether oxygens (including phenoxy) is 1. The summed E-state index contributed by atoms with van der Waals surface area (Å²) in [6, 6.07) is 5.50. The van der Waals surface area contributed by atoms with E-state index in [-0.39, 0.29) is 11.6 Å². The van der Waals surface area contributed by atoms with Gasteiger partial charge in [0.05, 0.1) is 30.1 Å². The number of nitrogens with one attached hydrogen (secondary N) is 2. The first kappa shape index (κ1) is 15.6. The van der Waals surface area contributed by atoms with Gasteiger partial charge in [-0.2, -0.15) is 0 Å². The number of rotatable bonds is 4. The number of methoxy groups -OCH3 is 1. The van der Waals surface area contributed by atoms with Gasteiger partial charge in [-0.25, -0.2) is 4.98 Å². The maximum Gasteiger partial charge on any atom is 0.256 e. The number of benzene rings is 1. The zero-order valence-electron chi connectivity index (χ0n) is 12.5. The van der Waals surface area contributed by atoms with Crippen LogP contribution in [-0.4, -0.2) is 17.1 Å². The van der Waals surface area contributed by atoms with E-state index < -0.39 is 0 Å². The van der Waals surface area contributed by atoms with Crippen molar-refractivity contribution in [2.24, 2.45) is 0 Å². The number of halogens is 1. The first-order valence-corrected chi connectivity index (χ1v) is 7.39. The Balaban J connectivity index is 2.37. The highest BCUT2D eigenvalue weighted by Crippen LogP contribution is 2.30. The number of H-pyrrole nitrogens is 1. The Hall–Kier alpha value is -1.82. The van der Waals surface area contributed by atoms with Crippen LogP contribution in [0.1, 0.15) is 30.0 Å². The number of aromatic nitrogens is 2. The van der Waals surface area contributed by atoms with Crippen LogP contribution in [0.5, 0.6) is 5.75 Å². The number of anilines is 1. The largest absolute Gasteiger partial charge is 0.495 e. The minimum absolute atomic E-state index is 0.117. The van der Waals surface area contributed by atoms with Crippen molar-refractivity contribution < 1.29 is 4.74 Å². The molecule has 21 heavy (non-hydrogen) atoms. The van der Waals surface area contributed by atoms with E-state index in [2.05, 4.69) is 31.2 Å². The van der Waals surface area contributed by atoms with Crippen LogP contribution in [0.3, 0.4) is 0 Å². The third-order valence-corrected chi connectivity index (χ3v) is 3.72. The molecule has 0 aliphatic rings. The Morgan fingerprint density at radius 2 is 2.10 bits per heavy atom. The van der Waals surface area contributed by atoms with Crippen molar-refractivity contribution in [2.45, 2.75) is 26.8 Å². The second-order valence-corrected chi connectivity index (χ2v) is 5.78. The predicted octanol–water partition coefficient (Wildman–Crippen LogP) is 3.33. The van der Waals surface area contributed by atoms with Crippen LogP contribution in [0.15, 0.2) is 27.5 Å². The van der Waals surface area contributed by atoms with Gasteiger partial charge in [0.25, 0.3) is 5.56 Å². The standard InChI is InChI=1S/C15H18BrN3O2/c1-8-14(15(20)19-10(3)17-8)9(2)18-12-7-11(16)5-6-13(12)21-4/h5-7,9,18H,1-4H3,(H,17,19,20). The Morgan fingerprint density at radius 3 is 2.71 bits per heavy atom. The van der Waals surface area contributed by atoms with Gasteiger partial charge in [0.15, 0.2) is 0 Å². The monoisotopic (exact) mass is 351 g/mol. The van der Waals surface area contributed by atoms with Gasteiger partial charge < -0.3 is 15.0 Å². The second-order valence-electron chi connectivity index (χ2n) is 4.86. The van der Waals surface area contributed by atoms with E-state index >= 15 is 0 Å². The summed E-state index contributed by atoms with van der Waals surface area (Å²) in [5.74, 6) is 1.34. The fourth-order valence-corrected chi connectivity index (χ4v) is 2.71. The fraction of sp³-hybridized carbons (Fsp3) is 0.333. The topological polar surface area (TPSA) is 67.0 Å². The molecule has 6 heteroatoms. The van der Waals surface area contributed by atoms with Crippen molar-refractivity contribution in [1.29, 1.82) is 0 Å². The van der Waals surface area contributed by atoms with E-state index in [1.54, 1.807) is 14.0 Å². The second kappa shape index (κ2) is 6.30. The highest BCUT2D eigenvalue weighted by molar-refractivity contribution is 9.10. The molecule has 2 aromatic rings. The summed E-state index contributed by atoms with van der Waals surface area (Å²) in [7, 11) is 1.62. The molecule has 0 aliphatic carbocycles. The van der Waals surface area contributed by atoms with E-state index in [9.17, 15) is 4.79 Å². The molecule has 112 valence electrons. The zero-order valence-corrected chi connectivity index (χ0v) is 14.0. The van der Waals surface area contributed by atoms with Crippen LogP contribution in [-0.2, 0) is 0 Å². The maximum atomic E-state index is 12.1. The Morgan fingerprint density at radius 1 is 1.38 bits per heavy atom. The van der Waals surface area contributed by atoms with Gasteiger partial charge in [0.2, 0.25) is 0 Å². The van der Waals surface area contributed by atoms with Gasteiger partial charge >= 0.3 is 0 Å². The molecule has 0 fully saturated rings. The molecule has 2 N–H and O–H groups in total. The minimum Gasteiger partial charge on any atom is -0.495 e. The van der Waals surface area contributed by atoms with Crippen molar-refractivity contribution >= 4 is 21.6 Å². The predicted molar refractivity (Wildman–Crippen MR) is 87.1 cm³/mol. The van der Waals surface area contributed by atoms with E-state index in [4.69, 9.17) is 4.74 Å². The van der Waals surface area contributed by atoms with Crippen LogP contribution >= 0.6 is 15.9 Å². The summed E-state index contributed by atoms with van der Waals surface area (Å²) in [5.41, 5.74) is 2.06. The van der Waals surface area contributed by atoms with Crippen LogP contribution in [0, 0.1) is 13.8 Å². The lowest BCUT2D eigenvalue weighted by atomic mass is 10.1. The Kier molecular flexibility index (Phi) is 4.67. The lowest BCUT2D eigenvalue weighted by molar-refractivity contribution is 0.416. The normalized spacial score (nSPS) is 12.0. The number of hydrogen-bond donors (Lipinski definition) is 2. The SMILES string of the molecule is COc1ccc(Br)cc1NC(C)c1c(C)nc(C)[nH]c1=O. The molecule has 2 rings (SSSR count). The highest BCUT2D eigenvalue weighted by atomic mass is 79.9. The molecule has 0 bridgehead atoms. The lowest BCUT2D eigenvalue weighted by Crippen LogP contribution is -2.23. The number of hydrogen-bond acceptors (Lipinski definition) is 4. The molecule has 0 saturated carbocycles. The number of aromatic amines is 1. The molecule has 0 saturated heterocycles. The van der Waals surface area contributed by atoms with E-state index in [1.165, 1.54) is 0 Å². The number of aryl methyl sites for hydroxylation is 2. The summed E-state index contributed by atoms with van der Waals surface area (Å²) in [4.78, 5) is 19.2. The van der Waals surface area contributed by atoms with Gasteiger partial charge in [-0.15, -0.1) is 0 Å². The van der Waals surface area contributed by atoms with Crippen molar-refractivity contribution in [1.82, 2.24) is 9.97 Å². The Bertz CT molecular complexity index is 713. The molecular weight excluding hydrogens is 334 g/mol. The summed E-state index contributed by atoms with van der Waals surface area (Å²) in [5, 5.41) is 3.30. The van der Waals surface area contributed by atoms with E-state index in [0.717, 1.165) is 21.6 Å². The maximum absolute atomic E-state index is 12.1. The quantitative estimate of drug-likeness (QED) is 0.886. The first-order chi connectivity index (χ1) is 9.92. The van der Waals surface area contributed by atoms with Crippen molar-refractivity contribution in [3.05, 3.63) is 50.1 Å². The summed E-state index contributed by atoms with van der Waals surface area (Å²) >= 11 is 3.43. The number of nitrogens with zero attached hydrogens (tertiary/aromatic N) is 1. The van der Waals surface area contributed by atoms with Gasteiger partial charge in [0, 0.05) is 4.47 Å². The molecular formula is C15H18BrN3O2. The molecule has 0 radical (unpaired) electrons. The molecule has 0 spiro atoms. The minimum atomic E-state index is -0.190. The summed E-state index contributed by atoms with van der Waals surface area (Å²) in [6.07, 6.45) is 0. The Labute approximate surface area is 131 Å². The van der Waals surface area contributed by atoms with Gasteiger partial charge in [-0.3, -0.25) is 4.79 Å². The van der Waals surface area contributed by atoms with Crippen molar-refractivity contribution in [3.8, 4) is 5.75 Å². The molecule has 0 aliphatic heterocycles. The fourth-order valence-electron chi connectivity index (χ4n) is 2.34. The molecule has 1 unspecified atom stereocenters. The molecule has 5 nitrogen and oxygen atoms in total. The first-order valence-electron chi connectivity index (χ1n) is 6.60. The van der Waals surface area contributed by atoms with Crippen LogP contribution in [0.25, 0.3) is 0 Å². The third kappa shape index (κ3) is 3.44. The molecule has 1 heterocycles. The van der Waals surface area contributed by atoms with E-state index in [1.807, 2.05) is 32.0 Å². The van der Waals surface area contributed by atoms with Crippen molar-refractivity contribution in [2.75, 3.05) is 12.4 Å².